The van der Waals surface area contributed by atoms with Crippen molar-refractivity contribution in [1.82, 2.24) is 10.2 Å². The molecular weight excluding hydrogens is 322 g/mol. The van der Waals surface area contributed by atoms with Crippen molar-refractivity contribution in [1.29, 1.82) is 0 Å². The molecule has 0 atom stereocenters. The lowest BCUT2D eigenvalue weighted by molar-refractivity contribution is 0.0690. The van der Waals surface area contributed by atoms with Crippen LogP contribution in [0.2, 0.25) is 0 Å². The Balaban J connectivity index is 1.65. The first-order valence-corrected chi connectivity index (χ1v) is 7.48. The van der Waals surface area contributed by atoms with Gasteiger partial charge in [0.15, 0.2) is 5.82 Å². The molecule has 0 aliphatic heterocycles. The van der Waals surface area contributed by atoms with Crippen LogP contribution in [0.25, 0.3) is 0 Å². The molecule has 3 aromatic rings. The van der Waals surface area contributed by atoms with Gasteiger partial charge in [0, 0.05) is 11.6 Å². The average Bonchev–Trinajstić information content (AvgIpc) is 3.10. The summed E-state index contributed by atoms with van der Waals surface area (Å²) in [5.41, 5.74) is 1.30. The summed E-state index contributed by atoms with van der Waals surface area (Å²) in [5.74, 6) is -0.860. The molecule has 2 aromatic carbocycles. The monoisotopic (exact) mass is 337 g/mol. The number of aromatic amines is 1. The number of ether oxygens (including phenoxy) is 1. The molecule has 126 valence electrons. The van der Waals surface area contributed by atoms with Gasteiger partial charge in [-0.15, -0.1) is 0 Å². The number of carboxylic acids is 1. The first-order valence-electron chi connectivity index (χ1n) is 7.48. The number of rotatable bonds is 6. The number of hydrogen-bond donors (Lipinski definition) is 3. The standard InChI is InChI=1S/C18H15N3O4/c22-17(19-16-10-15(18(23)24)20-21-16)13-7-4-8-14(9-13)25-11-12-5-2-1-3-6-12/h1-10H,11H2,(H,23,24)(H2,19,20,21,22). The number of nitrogens with zero attached hydrogens (tertiary/aromatic N) is 1. The molecule has 0 bridgehead atoms. The fourth-order valence-corrected chi connectivity index (χ4v) is 2.15. The highest BCUT2D eigenvalue weighted by Gasteiger charge is 2.12. The molecule has 0 unspecified atom stereocenters. The van der Waals surface area contributed by atoms with Crippen molar-refractivity contribution in [3.8, 4) is 5.75 Å². The molecule has 0 aliphatic carbocycles. The lowest BCUT2D eigenvalue weighted by Crippen LogP contribution is -2.12. The third kappa shape index (κ3) is 4.23. The molecule has 0 spiro atoms. The number of carboxylic acid groups (broad SMARTS) is 1. The lowest BCUT2D eigenvalue weighted by atomic mass is 10.2. The van der Waals surface area contributed by atoms with Crippen molar-refractivity contribution < 1.29 is 19.4 Å². The van der Waals surface area contributed by atoms with E-state index in [-0.39, 0.29) is 11.5 Å². The van der Waals surface area contributed by atoms with E-state index in [4.69, 9.17) is 9.84 Å². The molecule has 1 amide bonds. The number of carbonyl (C=O) groups is 2. The summed E-state index contributed by atoms with van der Waals surface area (Å²) >= 11 is 0. The Kier molecular flexibility index (Phi) is 4.75. The predicted octanol–water partition coefficient (Wildman–Crippen LogP) is 2.94. The summed E-state index contributed by atoms with van der Waals surface area (Å²) in [4.78, 5) is 23.1. The quantitative estimate of drug-likeness (QED) is 0.641. The summed E-state index contributed by atoms with van der Waals surface area (Å²) in [5, 5.41) is 17.4. The van der Waals surface area contributed by atoms with Gasteiger partial charge in [-0.25, -0.2) is 4.79 Å². The molecule has 0 radical (unpaired) electrons. The maximum Gasteiger partial charge on any atom is 0.353 e. The summed E-state index contributed by atoms with van der Waals surface area (Å²) in [6.45, 7) is 0.396. The van der Waals surface area contributed by atoms with Crippen LogP contribution in [0.4, 0.5) is 5.82 Å². The van der Waals surface area contributed by atoms with E-state index in [9.17, 15) is 9.59 Å². The van der Waals surface area contributed by atoms with Gasteiger partial charge >= 0.3 is 5.97 Å². The summed E-state index contributed by atoms with van der Waals surface area (Å²) in [6, 6.07) is 17.7. The van der Waals surface area contributed by atoms with Gasteiger partial charge in [-0.1, -0.05) is 36.4 Å². The van der Waals surface area contributed by atoms with Crippen molar-refractivity contribution in [2.45, 2.75) is 6.61 Å². The minimum Gasteiger partial charge on any atom is -0.489 e. The van der Waals surface area contributed by atoms with E-state index in [1.54, 1.807) is 24.3 Å². The lowest BCUT2D eigenvalue weighted by Gasteiger charge is -2.08. The number of aromatic carboxylic acids is 1. The summed E-state index contributed by atoms with van der Waals surface area (Å²) in [6.07, 6.45) is 0. The van der Waals surface area contributed by atoms with Crippen LogP contribution in [0.15, 0.2) is 60.7 Å². The van der Waals surface area contributed by atoms with E-state index in [0.717, 1.165) is 5.56 Å². The topological polar surface area (TPSA) is 104 Å². The minimum absolute atomic E-state index is 0.102. The SMILES string of the molecule is O=C(Nc1cc(C(=O)O)[nH]n1)c1cccc(OCc2ccccc2)c1. The molecule has 3 N–H and O–H groups in total. The number of nitrogens with one attached hydrogen (secondary N) is 2. The smallest absolute Gasteiger partial charge is 0.353 e. The van der Waals surface area contributed by atoms with Gasteiger partial charge in [0.1, 0.15) is 18.1 Å². The van der Waals surface area contributed by atoms with Crippen LogP contribution >= 0.6 is 0 Å². The van der Waals surface area contributed by atoms with Crippen LogP contribution in [0, 0.1) is 0 Å². The zero-order chi connectivity index (χ0) is 17.6. The van der Waals surface area contributed by atoms with Gasteiger partial charge in [0.2, 0.25) is 0 Å². The highest BCUT2D eigenvalue weighted by molar-refractivity contribution is 6.04. The molecule has 0 fully saturated rings. The molecule has 25 heavy (non-hydrogen) atoms. The molecule has 1 aromatic heterocycles. The summed E-state index contributed by atoms with van der Waals surface area (Å²) < 4.78 is 5.69. The Morgan fingerprint density at radius 3 is 2.60 bits per heavy atom. The van der Waals surface area contributed by atoms with E-state index in [1.807, 2.05) is 30.3 Å². The average molecular weight is 337 g/mol. The van der Waals surface area contributed by atoms with Crippen molar-refractivity contribution in [2.24, 2.45) is 0 Å². The Morgan fingerprint density at radius 2 is 1.88 bits per heavy atom. The minimum atomic E-state index is -1.15. The number of benzene rings is 2. The van der Waals surface area contributed by atoms with Gasteiger partial charge in [-0.05, 0) is 23.8 Å². The number of hydrogen-bond acceptors (Lipinski definition) is 4. The first kappa shape index (κ1) is 16.3. The largest absolute Gasteiger partial charge is 0.489 e. The van der Waals surface area contributed by atoms with Crippen LogP contribution in [0.5, 0.6) is 5.75 Å². The zero-order valence-corrected chi connectivity index (χ0v) is 13.1. The molecule has 7 nitrogen and oxygen atoms in total. The summed E-state index contributed by atoms with van der Waals surface area (Å²) in [7, 11) is 0. The first-order chi connectivity index (χ1) is 12.1. The zero-order valence-electron chi connectivity index (χ0n) is 13.1. The van der Waals surface area contributed by atoms with Crippen molar-refractivity contribution in [3.05, 3.63) is 77.5 Å². The van der Waals surface area contributed by atoms with Crippen LogP contribution in [0.1, 0.15) is 26.4 Å². The third-order valence-electron chi connectivity index (χ3n) is 3.39. The van der Waals surface area contributed by atoms with Gasteiger partial charge in [-0.2, -0.15) is 5.10 Å². The van der Waals surface area contributed by atoms with Crippen molar-refractivity contribution in [2.75, 3.05) is 5.32 Å². The van der Waals surface area contributed by atoms with Crippen molar-refractivity contribution in [3.63, 3.8) is 0 Å². The molecule has 0 saturated carbocycles. The van der Waals surface area contributed by atoms with E-state index in [2.05, 4.69) is 15.5 Å². The number of aromatic nitrogens is 2. The highest BCUT2D eigenvalue weighted by Crippen LogP contribution is 2.16. The van der Waals surface area contributed by atoms with Gasteiger partial charge < -0.3 is 15.2 Å². The maximum atomic E-state index is 12.3. The number of carbonyl (C=O) groups excluding carboxylic acids is 1. The molecule has 1 heterocycles. The van der Waals surface area contributed by atoms with E-state index >= 15 is 0 Å². The van der Waals surface area contributed by atoms with Crippen LogP contribution in [-0.2, 0) is 6.61 Å². The van der Waals surface area contributed by atoms with Gasteiger partial charge in [-0.3, -0.25) is 9.89 Å². The fraction of sp³-hybridized carbons (Fsp3) is 0.0556. The van der Waals surface area contributed by atoms with Crippen molar-refractivity contribution >= 4 is 17.7 Å². The van der Waals surface area contributed by atoms with E-state index < -0.39 is 11.9 Å². The second kappa shape index (κ2) is 7.31. The van der Waals surface area contributed by atoms with Gasteiger partial charge in [0.05, 0.1) is 0 Å². The normalized spacial score (nSPS) is 10.2. The third-order valence-corrected chi connectivity index (χ3v) is 3.39. The Labute approximate surface area is 143 Å². The molecular formula is C18H15N3O4. The highest BCUT2D eigenvalue weighted by atomic mass is 16.5. The van der Waals surface area contributed by atoms with Gasteiger partial charge in [0.25, 0.3) is 5.91 Å². The van der Waals surface area contributed by atoms with Crippen LogP contribution in [-0.4, -0.2) is 27.2 Å². The Morgan fingerprint density at radius 1 is 1.08 bits per heavy atom. The fourth-order valence-electron chi connectivity index (χ4n) is 2.15. The number of H-pyrrole nitrogens is 1. The Hall–Kier alpha value is -3.61. The molecule has 0 aliphatic rings. The Bertz CT molecular complexity index is 890. The second-order valence-corrected chi connectivity index (χ2v) is 5.23. The number of anilines is 1. The van der Waals surface area contributed by atoms with E-state index in [0.29, 0.717) is 17.9 Å². The van der Waals surface area contributed by atoms with E-state index in [1.165, 1.54) is 6.07 Å². The number of amides is 1. The molecule has 3 rings (SSSR count). The van der Waals surface area contributed by atoms with Crippen LogP contribution in [0.3, 0.4) is 0 Å². The predicted molar refractivity (Wildman–Crippen MR) is 90.7 cm³/mol. The van der Waals surface area contributed by atoms with Crippen LogP contribution < -0.4 is 10.1 Å². The molecule has 7 heteroatoms. The maximum absolute atomic E-state index is 12.3. The second-order valence-electron chi connectivity index (χ2n) is 5.23. The molecule has 0 saturated heterocycles.